The molecule has 0 aliphatic heterocycles. The fourth-order valence-corrected chi connectivity index (χ4v) is 3.64. The Hall–Kier alpha value is -0.260. The van der Waals surface area contributed by atoms with Crippen molar-refractivity contribution in [2.45, 2.75) is 128 Å². The van der Waals surface area contributed by atoms with Crippen molar-refractivity contribution < 1.29 is 0 Å². The second kappa shape index (κ2) is 18.1. The van der Waals surface area contributed by atoms with Crippen LogP contribution >= 0.6 is 0 Å². The molecule has 0 aromatic carbocycles. The minimum atomic E-state index is 1.29. The molecule has 0 saturated carbocycles. The topological polar surface area (TPSA) is 0 Å². The van der Waals surface area contributed by atoms with Gasteiger partial charge in [-0.2, -0.15) is 0 Å². The van der Waals surface area contributed by atoms with Crippen LogP contribution < -0.4 is 0 Å². The molecule has 0 N–H and O–H groups in total. The molecule has 0 spiro atoms. The highest BCUT2D eigenvalue weighted by Crippen LogP contribution is 2.15. The normalized spacial score (nSPS) is 23.3. The first-order valence-electron chi connectivity index (χ1n) is 11.0. The minimum absolute atomic E-state index is 1.29. The van der Waals surface area contributed by atoms with Gasteiger partial charge in [0.15, 0.2) is 0 Å². The van der Waals surface area contributed by atoms with Crippen LogP contribution in [0.15, 0.2) is 12.2 Å². The molecule has 0 fully saturated rings. The van der Waals surface area contributed by atoms with Gasteiger partial charge in [-0.05, 0) is 25.7 Å². The van der Waals surface area contributed by atoms with Crippen molar-refractivity contribution in [2.75, 3.05) is 0 Å². The van der Waals surface area contributed by atoms with Gasteiger partial charge in [-0.15, -0.1) is 0 Å². The van der Waals surface area contributed by atoms with Gasteiger partial charge in [0.25, 0.3) is 0 Å². The van der Waals surface area contributed by atoms with E-state index in [1.54, 1.807) is 0 Å². The lowest BCUT2D eigenvalue weighted by Crippen LogP contribution is -1.84. The molecule has 1 radical (unpaired) electrons. The smallest absolute Gasteiger partial charge is 0.0171 e. The Morgan fingerprint density at radius 2 is 0.609 bits per heavy atom. The van der Waals surface area contributed by atoms with Crippen LogP contribution in [-0.4, -0.2) is 0 Å². The van der Waals surface area contributed by atoms with Crippen molar-refractivity contribution in [2.24, 2.45) is 0 Å². The second-order valence-electron chi connectivity index (χ2n) is 7.61. The molecule has 0 bridgehead atoms. The predicted molar refractivity (Wildman–Crippen MR) is 106 cm³/mol. The molecule has 0 unspecified atom stereocenters. The average molecular weight is 320 g/mol. The van der Waals surface area contributed by atoms with Crippen molar-refractivity contribution in [3.05, 3.63) is 18.6 Å². The van der Waals surface area contributed by atoms with Crippen molar-refractivity contribution in [1.29, 1.82) is 0 Å². The zero-order chi connectivity index (χ0) is 16.3. The fraction of sp³-hybridized carbons (Fsp3) is 0.870. The molecule has 0 amide bonds. The van der Waals surface area contributed by atoms with E-state index >= 15 is 0 Å². The molecule has 0 aromatic rings. The van der Waals surface area contributed by atoms with Crippen molar-refractivity contribution in [3.8, 4) is 0 Å². The van der Waals surface area contributed by atoms with Gasteiger partial charge in [0.2, 0.25) is 0 Å². The summed E-state index contributed by atoms with van der Waals surface area (Å²) in [7, 11) is 0. The van der Waals surface area contributed by atoms with E-state index in [4.69, 9.17) is 0 Å². The molecule has 0 saturated heterocycles. The SMILES string of the molecule is [CH]1C=CCCCCCCCCCCCCCCCCCCCC1. The molecule has 1 aliphatic carbocycles. The zero-order valence-electron chi connectivity index (χ0n) is 15.9. The average Bonchev–Trinajstić information content (AvgIpc) is 2.56. The Morgan fingerprint density at radius 1 is 0.304 bits per heavy atom. The van der Waals surface area contributed by atoms with E-state index in [2.05, 4.69) is 18.6 Å². The molecule has 0 aromatic heterocycles. The van der Waals surface area contributed by atoms with Gasteiger partial charge in [0.05, 0.1) is 0 Å². The summed E-state index contributed by atoms with van der Waals surface area (Å²) < 4.78 is 0. The number of hydrogen-bond donors (Lipinski definition) is 0. The molecule has 0 nitrogen and oxygen atoms in total. The standard InChI is InChI=1S/C23H43/c1-2-4-6-8-10-12-14-16-18-20-22-23-21-19-17-15-13-11-9-7-5-3-1/h1-3H,4-23H2. The highest BCUT2D eigenvalue weighted by atomic mass is 14.0. The maximum Gasteiger partial charge on any atom is -0.0171 e. The molecule has 135 valence electrons. The fourth-order valence-electron chi connectivity index (χ4n) is 3.64. The first-order valence-corrected chi connectivity index (χ1v) is 11.0. The van der Waals surface area contributed by atoms with E-state index in [9.17, 15) is 0 Å². The van der Waals surface area contributed by atoms with Crippen molar-refractivity contribution in [3.63, 3.8) is 0 Å². The number of rotatable bonds is 0. The van der Waals surface area contributed by atoms with Crippen LogP contribution in [0.1, 0.15) is 128 Å². The Labute approximate surface area is 147 Å². The highest BCUT2D eigenvalue weighted by molar-refractivity contribution is 4.94. The van der Waals surface area contributed by atoms with Gasteiger partial charge in [-0.1, -0.05) is 121 Å². The van der Waals surface area contributed by atoms with Crippen LogP contribution in [0.2, 0.25) is 0 Å². The van der Waals surface area contributed by atoms with Crippen LogP contribution in [0.5, 0.6) is 0 Å². The van der Waals surface area contributed by atoms with Gasteiger partial charge in [-0.25, -0.2) is 0 Å². The van der Waals surface area contributed by atoms with Gasteiger partial charge in [0.1, 0.15) is 0 Å². The second-order valence-corrected chi connectivity index (χ2v) is 7.61. The summed E-state index contributed by atoms with van der Waals surface area (Å²) in [6, 6.07) is 0. The van der Waals surface area contributed by atoms with Gasteiger partial charge in [0, 0.05) is 0 Å². The third kappa shape index (κ3) is 16.4. The van der Waals surface area contributed by atoms with Gasteiger partial charge >= 0.3 is 0 Å². The first-order chi connectivity index (χ1) is 11.5. The monoisotopic (exact) mass is 319 g/mol. The third-order valence-electron chi connectivity index (χ3n) is 5.26. The lowest BCUT2D eigenvalue weighted by molar-refractivity contribution is 0.524. The van der Waals surface area contributed by atoms with Crippen molar-refractivity contribution >= 4 is 0 Å². The van der Waals surface area contributed by atoms with Crippen LogP contribution in [0.3, 0.4) is 0 Å². The lowest BCUT2D eigenvalue weighted by atomic mass is 10.0. The molecule has 1 aliphatic rings. The number of allylic oxidation sites excluding steroid dienone is 2. The summed E-state index contributed by atoms with van der Waals surface area (Å²) >= 11 is 0. The van der Waals surface area contributed by atoms with Crippen LogP contribution in [0.25, 0.3) is 0 Å². The molecule has 0 heterocycles. The van der Waals surface area contributed by atoms with E-state index < -0.39 is 0 Å². The Kier molecular flexibility index (Phi) is 16.3. The van der Waals surface area contributed by atoms with Crippen LogP contribution in [0.4, 0.5) is 0 Å². The van der Waals surface area contributed by atoms with Crippen LogP contribution in [0, 0.1) is 6.42 Å². The summed E-state index contributed by atoms with van der Waals surface area (Å²) in [4.78, 5) is 0. The third-order valence-corrected chi connectivity index (χ3v) is 5.26. The molecule has 0 heteroatoms. The van der Waals surface area contributed by atoms with E-state index in [0.717, 1.165) is 0 Å². The lowest BCUT2D eigenvalue weighted by Gasteiger charge is -2.03. The predicted octanol–water partition coefficient (Wildman–Crippen LogP) is 8.56. The van der Waals surface area contributed by atoms with E-state index in [0.29, 0.717) is 0 Å². The van der Waals surface area contributed by atoms with E-state index in [1.807, 2.05) is 0 Å². The Morgan fingerprint density at radius 3 is 1.00 bits per heavy atom. The summed E-state index contributed by atoms with van der Waals surface area (Å²) in [5.41, 5.74) is 0. The van der Waals surface area contributed by atoms with Crippen LogP contribution in [-0.2, 0) is 0 Å². The zero-order valence-corrected chi connectivity index (χ0v) is 15.9. The molecular formula is C23H43. The van der Waals surface area contributed by atoms with E-state index in [-0.39, 0.29) is 0 Å². The molecule has 1 rings (SSSR count). The van der Waals surface area contributed by atoms with E-state index in [1.165, 1.54) is 128 Å². The largest absolute Gasteiger partial charge is 0.0882 e. The maximum atomic E-state index is 2.38. The summed E-state index contributed by atoms with van der Waals surface area (Å²) in [5.74, 6) is 0. The number of hydrogen-bond acceptors (Lipinski definition) is 0. The molecule has 0 atom stereocenters. The highest BCUT2D eigenvalue weighted by Gasteiger charge is 1.95. The molecular weight excluding hydrogens is 276 g/mol. The van der Waals surface area contributed by atoms with Gasteiger partial charge < -0.3 is 0 Å². The Bertz CT molecular complexity index is 216. The maximum absolute atomic E-state index is 2.38. The minimum Gasteiger partial charge on any atom is -0.0882 e. The van der Waals surface area contributed by atoms with Crippen molar-refractivity contribution in [1.82, 2.24) is 0 Å². The molecule has 23 heavy (non-hydrogen) atoms. The first kappa shape index (κ1) is 20.8. The summed E-state index contributed by atoms with van der Waals surface area (Å²) in [5, 5.41) is 0. The summed E-state index contributed by atoms with van der Waals surface area (Å²) in [6.45, 7) is 0. The van der Waals surface area contributed by atoms with Gasteiger partial charge in [-0.3, -0.25) is 0 Å². The quantitative estimate of drug-likeness (QED) is 0.419. The summed E-state index contributed by atoms with van der Waals surface area (Å²) in [6.07, 6.45) is 36.0. The Balaban J connectivity index is 2.05.